The molecule has 1 aromatic carbocycles. The van der Waals surface area contributed by atoms with E-state index >= 15 is 0 Å². The van der Waals surface area contributed by atoms with Crippen LogP contribution in [0.2, 0.25) is 0 Å². The van der Waals surface area contributed by atoms with Gasteiger partial charge < -0.3 is 27.2 Å². The molecule has 1 saturated carbocycles. The molecule has 1 heterocycles. The maximum atomic E-state index is 13.2. The van der Waals surface area contributed by atoms with E-state index in [0.717, 1.165) is 25.7 Å². The second-order valence-corrected chi connectivity index (χ2v) is 9.59. The summed E-state index contributed by atoms with van der Waals surface area (Å²) >= 11 is 1.47. The van der Waals surface area contributed by atoms with Crippen LogP contribution in [0, 0.1) is 0 Å². The minimum Gasteiger partial charge on any atom is -0.510 e. The van der Waals surface area contributed by atoms with Gasteiger partial charge in [-0.05, 0) is 68.8 Å². The maximum absolute atomic E-state index is 13.2. The van der Waals surface area contributed by atoms with Crippen LogP contribution in [0.5, 0.6) is 0 Å². The normalized spacial score (nSPS) is 12.7. The topological polar surface area (TPSA) is 147 Å². The van der Waals surface area contributed by atoms with Gasteiger partial charge in [0, 0.05) is 28.7 Å². The molecule has 1 fully saturated rings. The van der Waals surface area contributed by atoms with Crippen LogP contribution < -0.4 is 22.1 Å². The smallest absolute Gasteiger partial charge is 0.274 e. The van der Waals surface area contributed by atoms with Gasteiger partial charge in [0.05, 0.1) is 11.4 Å². The summed E-state index contributed by atoms with van der Waals surface area (Å²) in [5.41, 5.74) is 12.7. The third kappa shape index (κ3) is 11.2. The van der Waals surface area contributed by atoms with Crippen molar-refractivity contribution >= 4 is 40.5 Å². The Morgan fingerprint density at radius 1 is 1.26 bits per heavy atom. The highest BCUT2D eigenvalue weighted by atomic mass is 32.1. The lowest BCUT2D eigenvalue weighted by Crippen LogP contribution is -2.45. The van der Waals surface area contributed by atoms with Crippen LogP contribution >= 0.6 is 11.5 Å². The van der Waals surface area contributed by atoms with E-state index in [1.807, 2.05) is 19.9 Å². The fourth-order valence-electron chi connectivity index (χ4n) is 3.53. The number of nitrogens with one attached hydrogen (secondary N) is 2. The lowest BCUT2D eigenvalue weighted by Gasteiger charge is -2.31. The van der Waals surface area contributed by atoms with Gasteiger partial charge in [0.2, 0.25) is 5.91 Å². The molecular weight excluding hydrogens is 512 g/mol. The number of aliphatic hydroxyl groups is 1. The predicted molar refractivity (Wildman–Crippen MR) is 163 cm³/mol. The number of amides is 2. The first-order chi connectivity index (χ1) is 18.7. The molecule has 214 valence electrons. The van der Waals surface area contributed by atoms with Crippen molar-refractivity contribution in [3.8, 4) is 0 Å². The molecule has 39 heavy (non-hydrogen) atoms. The van der Waals surface area contributed by atoms with Gasteiger partial charge in [-0.3, -0.25) is 14.5 Å². The van der Waals surface area contributed by atoms with E-state index in [-0.39, 0.29) is 35.6 Å². The third-order valence-corrected chi connectivity index (χ3v) is 6.60. The van der Waals surface area contributed by atoms with Crippen LogP contribution in [-0.4, -0.2) is 45.3 Å². The van der Waals surface area contributed by atoms with Crippen LogP contribution in [0.15, 0.2) is 61.0 Å². The third-order valence-electron chi connectivity index (χ3n) is 5.66. The van der Waals surface area contributed by atoms with Crippen molar-refractivity contribution in [1.29, 1.82) is 0 Å². The van der Waals surface area contributed by atoms with Crippen molar-refractivity contribution in [3.63, 3.8) is 0 Å². The average molecular weight is 557 g/mol. The molecule has 1 aliphatic carbocycles. The lowest BCUT2D eigenvalue weighted by molar-refractivity contribution is -0.130. The Kier molecular flexibility index (Phi) is 15.1. The van der Waals surface area contributed by atoms with Crippen LogP contribution in [0.25, 0.3) is 5.70 Å². The van der Waals surface area contributed by atoms with Crippen molar-refractivity contribution in [1.82, 2.24) is 19.9 Å². The number of anilines is 2. The molecule has 7 N–H and O–H groups in total. The molecule has 0 radical (unpaired) electrons. The summed E-state index contributed by atoms with van der Waals surface area (Å²) in [6.07, 6.45) is 6.42. The molecule has 9 nitrogen and oxygen atoms in total. The van der Waals surface area contributed by atoms with Gasteiger partial charge in [-0.15, -0.1) is 6.58 Å². The first-order valence-electron chi connectivity index (χ1n) is 13.3. The SMILES string of the molecule is C=CCCNC(=O)CN(C(=O)C(=C)NC1CCC1)/C(=C(\C)O)c1cccc(N)c1.CC.CCc1cc(N)ns1. The van der Waals surface area contributed by atoms with Gasteiger partial charge in [0.1, 0.15) is 18.1 Å². The van der Waals surface area contributed by atoms with Crippen LogP contribution in [0.3, 0.4) is 0 Å². The zero-order valence-corrected chi connectivity index (χ0v) is 24.4. The minimum absolute atomic E-state index is 0.0979. The van der Waals surface area contributed by atoms with Crippen molar-refractivity contribution < 1.29 is 14.7 Å². The molecule has 0 bridgehead atoms. The Labute approximate surface area is 236 Å². The Balaban J connectivity index is 0.000000641. The molecule has 0 aliphatic heterocycles. The van der Waals surface area contributed by atoms with E-state index in [0.29, 0.717) is 30.0 Å². The van der Waals surface area contributed by atoms with Crippen molar-refractivity contribution in [2.24, 2.45) is 0 Å². The number of benzene rings is 1. The van der Waals surface area contributed by atoms with Gasteiger partial charge in [0.25, 0.3) is 5.91 Å². The van der Waals surface area contributed by atoms with Crippen molar-refractivity contribution in [2.75, 3.05) is 24.6 Å². The number of carbonyl (C=O) groups is 2. The van der Waals surface area contributed by atoms with Gasteiger partial charge in [-0.1, -0.05) is 45.6 Å². The number of nitrogens with two attached hydrogens (primary N) is 2. The number of hydrogen-bond donors (Lipinski definition) is 5. The summed E-state index contributed by atoms with van der Waals surface area (Å²) in [7, 11) is 0. The molecule has 3 rings (SSSR count). The molecule has 10 heteroatoms. The van der Waals surface area contributed by atoms with Gasteiger partial charge >= 0.3 is 0 Å². The Hall–Kier alpha value is -3.79. The molecule has 0 spiro atoms. The Bertz CT molecular complexity index is 1120. The summed E-state index contributed by atoms with van der Waals surface area (Å²) in [6, 6.07) is 8.92. The van der Waals surface area contributed by atoms with E-state index in [2.05, 4.69) is 35.1 Å². The molecule has 0 unspecified atom stereocenters. The molecule has 2 amide bonds. The Morgan fingerprint density at radius 2 is 1.95 bits per heavy atom. The standard InChI is InChI=1S/C22H30N4O3.C5H8N2S.C2H6/c1-4-5-12-24-20(28)14-26(22(29)15(2)25-19-10-7-11-19)21(16(3)27)17-8-6-9-18(23)13-17;1-2-4-3-5(6)7-8-4;1-2/h4,6,8-9,13,19,25,27H,1-2,5,7,10-12,14,23H2,3H3,(H,24,28);3H,2H2,1H3,(H2,6,7);1-2H3/b21-16+;;. The van der Waals surface area contributed by atoms with Gasteiger partial charge in [-0.2, -0.15) is 4.37 Å². The maximum Gasteiger partial charge on any atom is 0.274 e. The van der Waals surface area contributed by atoms with E-state index in [1.165, 1.54) is 28.2 Å². The van der Waals surface area contributed by atoms with Gasteiger partial charge in [-0.25, -0.2) is 0 Å². The highest BCUT2D eigenvalue weighted by molar-refractivity contribution is 7.06. The number of hydrogen-bond acceptors (Lipinski definition) is 8. The van der Waals surface area contributed by atoms with E-state index in [1.54, 1.807) is 30.3 Å². The largest absolute Gasteiger partial charge is 0.510 e. The lowest BCUT2D eigenvalue weighted by atomic mass is 9.93. The summed E-state index contributed by atoms with van der Waals surface area (Å²) in [4.78, 5) is 28.1. The van der Waals surface area contributed by atoms with E-state index < -0.39 is 5.91 Å². The second-order valence-electron chi connectivity index (χ2n) is 8.70. The van der Waals surface area contributed by atoms with Crippen molar-refractivity contribution in [3.05, 3.63) is 71.5 Å². The summed E-state index contributed by atoms with van der Waals surface area (Å²) in [6.45, 7) is 15.2. The number of allylic oxidation sites excluding steroid dienone is 1. The first-order valence-corrected chi connectivity index (χ1v) is 14.0. The summed E-state index contributed by atoms with van der Waals surface area (Å²) < 4.78 is 3.91. The zero-order chi connectivity index (χ0) is 29.4. The first kappa shape index (κ1) is 33.2. The van der Waals surface area contributed by atoms with Crippen molar-refractivity contribution in [2.45, 2.75) is 65.8 Å². The van der Waals surface area contributed by atoms with Crippen LogP contribution in [0.4, 0.5) is 11.5 Å². The predicted octanol–water partition coefficient (Wildman–Crippen LogP) is 5.01. The highest BCUT2D eigenvalue weighted by Gasteiger charge is 2.28. The molecule has 0 atom stereocenters. The number of nitrogens with zero attached hydrogens (tertiary/aromatic N) is 2. The summed E-state index contributed by atoms with van der Waals surface area (Å²) in [5.74, 6) is -0.271. The quantitative estimate of drug-likeness (QED) is 0.0860. The molecule has 1 aromatic heterocycles. The average Bonchev–Trinajstić information content (AvgIpc) is 3.32. The number of aliphatic hydroxyl groups excluding tert-OH is 1. The Morgan fingerprint density at radius 3 is 2.41 bits per heavy atom. The molecule has 2 aromatic rings. The molecular formula is C29H44N6O3S. The summed E-state index contributed by atoms with van der Waals surface area (Å²) in [5, 5.41) is 16.2. The fourth-order valence-corrected chi connectivity index (χ4v) is 4.11. The molecule has 1 aliphatic rings. The number of carbonyl (C=O) groups excluding carboxylic acids is 2. The van der Waals surface area contributed by atoms with E-state index in [4.69, 9.17) is 11.5 Å². The van der Waals surface area contributed by atoms with Crippen LogP contribution in [0.1, 0.15) is 63.8 Å². The number of rotatable bonds is 11. The molecule has 0 saturated heterocycles. The fraction of sp³-hybridized carbons (Fsp3) is 0.414. The van der Waals surface area contributed by atoms with E-state index in [9.17, 15) is 14.7 Å². The zero-order valence-electron chi connectivity index (χ0n) is 23.6. The second kappa shape index (κ2) is 17.7. The minimum atomic E-state index is -0.471. The number of aryl methyl sites for hydroxylation is 1. The number of aromatic nitrogens is 1. The van der Waals surface area contributed by atoms with Gasteiger partial charge in [0.15, 0.2) is 0 Å². The highest BCUT2D eigenvalue weighted by Crippen LogP contribution is 2.26. The van der Waals surface area contributed by atoms with Crippen LogP contribution in [-0.2, 0) is 16.0 Å². The monoisotopic (exact) mass is 556 g/mol. The number of nitrogen functional groups attached to an aromatic ring is 2.